The number of ether oxygens (including phenoxy) is 2. The van der Waals surface area contributed by atoms with Crippen molar-refractivity contribution in [3.05, 3.63) is 63.5 Å². The summed E-state index contributed by atoms with van der Waals surface area (Å²) in [7, 11) is 3.40. The van der Waals surface area contributed by atoms with Crippen LogP contribution in [0.25, 0.3) is 11.3 Å². The van der Waals surface area contributed by atoms with Gasteiger partial charge in [0.05, 0.1) is 30.5 Å². The SMILES string of the molecule is CCCCCCCCCCN(CCc1ccc(OC)c(OC)c1)CC1CC1.Cc1nc(-c2cccc(C(F)(F)F)c2)c(CCCCCCCCCC(=O)O)s1. The van der Waals surface area contributed by atoms with E-state index in [1.807, 2.05) is 13.0 Å². The zero-order chi connectivity index (χ0) is 39.9. The Kier molecular flexibility index (Phi) is 21.8. The van der Waals surface area contributed by atoms with Crippen LogP contribution in [0, 0.1) is 12.8 Å². The van der Waals surface area contributed by atoms with E-state index in [9.17, 15) is 18.0 Å². The summed E-state index contributed by atoms with van der Waals surface area (Å²) in [5.74, 6) is 1.88. The maximum Gasteiger partial charge on any atom is 0.416 e. The van der Waals surface area contributed by atoms with Crippen LogP contribution in [0.1, 0.15) is 144 Å². The molecule has 0 atom stereocenters. The van der Waals surface area contributed by atoms with Crippen LogP contribution in [-0.2, 0) is 23.8 Å². The van der Waals surface area contributed by atoms with E-state index in [1.54, 1.807) is 31.6 Å². The molecule has 3 aromatic rings. The van der Waals surface area contributed by atoms with E-state index < -0.39 is 17.7 Å². The minimum absolute atomic E-state index is 0.239. The van der Waals surface area contributed by atoms with Gasteiger partial charge < -0.3 is 19.5 Å². The minimum atomic E-state index is -4.36. The van der Waals surface area contributed by atoms with E-state index in [2.05, 4.69) is 28.9 Å². The van der Waals surface area contributed by atoms with Crippen molar-refractivity contribution in [2.45, 2.75) is 148 Å². The molecule has 0 saturated heterocycles. The number of hydrogen-bond donors (Lipinski definition) is 1. The summed E-state index contributed by atoms with van der Waals surface area (Å²) >= 11 is 1.55. The number of benzene rings is 2. The zero-order valence-electron chi connectivity index (χ0n) is 34.0. The van der Waals surface area contributed by atoms with Gasteiger partial charge in [-0.15, -0.1) is 11.3 Å². The van der Waals surface area contributed by atoms with Crippen molar-refractivity contribution in [1.29, 1.82) is 0 Å². The number of carbonyl (C=O) groups is 1. The number of hydrogen-bond acceptors (Lipinski definition) is 6. The number of alkyl halides is 3. The van der Waals surface area contributed by atoms with E-state index in [0.29, 0.717) is 11.3 Å². The summed E-state index contributed by atoms with van der Waals surface area (Å²) in [6, 6.07) is 11.7. The van der Waals surface area contributed by atoms with Gasteiger partial charge in [-0.25, -0.2) is 4.98 Å². The molecule has 0 amide bonds. The molecule has 1 N–H and O–H groups in total. The Bertz CT molecular complexity index is 1510. The van der Waals surface area contributed by atoms with Crippen molar-refractivity contribution in [3.8, 4) is 22.8 Å². The number of methoxy groups -OCH3 is 2. The predicted octanol–water partition coefficient (Wildman–Crippen LogP) is 13.0. The Morgan fingerprint density at radius 1 is 0.818 bits per heavy atom. The first-order chi connectivity index (χ1) is 26.5. The number of rotatable bonds is 27. The molecule has 0 bridgehead atoms. The highest BCUT2D eigenvalue weighted by Gasteiger charge is 2.31. The molecule has 1 heterocycles. The van der Waals surface area contributed by atoms with E-state index in [1.165, 1.54) is 95.0 Å². The van der Waals surface area contributed by atoms with Gasteiger partial charge in [0.2, 0.25) is 0 Å². The summed E-state index contributed by atoms with van der Waals surface area (Å²) in [4.78, 5) is 18.7. The van der Waals surface area contributed by atoms with Crippen LogP contribution in [0.15, 0.2) is 42.5 Å². The van der Waals surface area contributed by atoms with Gasteiger partial charge in [-0.2, -0.15) is 13.2 Å². The van der Waals surface area contributed by atoms with Crippen LogP contribution < -0.4 is 9.47 Å². The van der Waals surface area contributed by atoms with Gasteiger partial charge in [0.15, 0.2) is 11.5 Å². The summed E-state index contributed by atoms with van der Waals surface area (Å²) in [6.07, 6.45) is 18.8. The molecule has 1 aliphatic carbocycles. The average Bonchev–Trinajstić information content (AvgIpc) is 3.91. The first-order valence-electron chi connectivity index (χ1n) is 20.8. The number of halogens is 3. The average molecular weight is 789 g/mol. The van der Waals surface area contributed by atoms with Crippen molar-refractivity contribution in [1.82, 2.24) is 9.88 Å². The third kappa shape index (κ3) is 19.1. The summed E-state index contributed by atoms with van der Waals surface area (Å²) in [5.41, 5.74) is 1.88. The molecule has 1 aliphatic rings. The smallest absolute Gasteiger partial charge is 0.416 e. The summed E-state index contributed by atoms with van der Waals surface area (Å²) in [5, 5.41) is 9.46. The molecule has 4 rings (SSSR count). The van der Waals surface area contributed by atoms with E-state index >= 15 is 0 Å². The first kappa shape index (κ1) is 46.3. The van der Waals surface area contributed by atoms with Gasteiger partial charge in [-0.05, 0) is 94.2 Å². The van der Waals surface area contributed by atoms with Crippen molar-refractivity contribution in [2.24, 2.45) is 5.92 Å². The van der Waals surface area contributed by atoms with E-state index in [0.717, 1.165) is 97.7 Å². The molecule has 6 nitrogen and oxygen atoms in total. The Balaban J connectivity index is 0.000000296. The number of thiazole rings is 1. The van der Waals surface area contributed by atoms with Gasteiger partial charge in [-0.1, -0.05) is 102 Å². The minimum Gasteiger partial charge on any atom is -0.493 e. The second-order valence-electron chi connectivity index (χ2n) is 15.1. The van der Waals surface area contributed by atoms with Gasteiger partial charge in [0.1, 0.15) is 0 Å². The molecule has 0 spiro atoms. The maximum absolute atomic E-state index is 13.0. The predicted molar refractivity (Wildman–Crippen MR) is 221 cm³/mol. The lowest BCUT2D eigenvalue weighted by Gasteiger charge is -2.22. The quantitative estimate of drug-likeness (QED) is 0.0776. The second kappa shape index (κ2) is 25.9. The van der Waals surface area contributed by atoms with Crippen molar-refractivity contribution in [3.63, 3.8) is 0 Å². The number of nitrogens with zero attached hydrogens (tertiary/aromatic N) is 2. The molecule has 0 aliphatic heterocycles. The molecular weight excluding hydrogens is 722 g/mol. The molecule has 308 valence electrons. The molecule has 0 radical (unpaired) electrons. The number of aromatic nitrogens is 1. The Morgan fingerprint density at radius 3 is 2.07 bits per heavy atom. The highest BCUT2D eigenvalue weighted by Crippen LogP contribution is 2.35. The van der Waals surface area contributed by atoms with Crippen LogP contribution in [0.3, 0.4) is 0 Å². The van der Waals surface area contributed by atoms with Gasteiger partial charge in [0.25, 0.3) is 0 Å². The van der Waals surface area contributed by atoms with Gasteiger partial charge >= 0.3 is 12.1 Å². The number of unbranched alkanes of at least 4 members (excludes halogenated alkanes) is 13. The lowest BCUT2D eigenvalue weighted by Crippen LogP contribution is -2.29. The zero-order valence-corrected chi connectivity index (χ0v) is 34.8. The van der Waals surface area contributed by atoms with E-state index in [4.69, 9.17) is 14.6 Å². The topological polar surface area (TPSA) is 71.9 Å². The Morgan fingerprint density at radius 2 is 1.45 bits per heavy atom. The fourth-order valence-electron chi connectivity index (χ4n) is 6.91. The fraction of sp³-hybridized carbons (Fsp3) is 0.644. The number of aliphatic carboxylic acids is 1. The Labute approximate surface area is 333 Å². The van der Waals surface area contributed by atoms with Gasteiger partial charge in [-0.3, -0.25) is 4.79 Å². The van der Waals surface area contributed by atoms with Crippen molar-refractivity contribution >= 4 is 17.3 Å². The molecule has 1 saturated carbocycles. The molecule has 1 fully saturated rings. The fourth-order valence-corrected chi connectivity index (χ4v) is 7.91. The van der Waals surface area contributed by atoms with Crippen molar-refractivity contribution in [2.75, 3.05) is 33.9 Å². The third-order valence-electron chi connectivity index (χ3n) is 10.3. The number of carboxylic acid groups (broad SMARTS) is 1. The highest BCUT2D eigenvalue weighted by atomic mass is 32.1. The van der Waals surface area contributed by atoms with E-state index in [-0.39, 0.29) is 6.42 Å². The van der Waals surface area contributed by atoms with Crippen LogP contribution in [-0.4, -0.2) is 54.8 Å². The van der Waals surface area contributed by atoms with Crippen LogP contribution in [0.5, 0.6) is 11.5 Å². The molecule has 55 heavy (non-hydrogen) atoms. The Hall–Kier alpha value is -3.11. The number of carboxylic acids is 1. The molecular formula is C45H67F3N2O4S. The summed E-state index contributed by atoms with van der Waals surface area (Å²) < 4.78 is 49.7. The second-order valence-corrected chi connectivity index (χ2v) is 16.4. The third-order valence-corrected chi connectivity index (χ3v) is 11.3. The molecule has 0 unspecified atom stereocenters. The molecule has 1 aromatic heterocycles. The molecule has 2 aromatic carbocycles. The first-order valence-corrected chi connectivity index (χ1v) is 21.6. The van der Waals surface area contributed by atoms with Crippen molar-refractivity contribution < 1.29 is 32.5 Å². The highest BCUT2D eigenvalue weighted by molar-refractivity contribution is 7.12. The lowest BCUT2D eigenvalue weighted by molar-refractivity contribution is -0.138. The summed E-state index contributed by atoms with van der Waals surface area (Å²) in [6.45, 7) is 7.88. The van der Waals surface area contributed by atoms with Crippen LogP contribution >= 0.6 is 11.3 Å². The standard InChI is InChI=1S/C24H41NO2.C21H26F3NO2S/c1-4-5-6-7-8-9-10-11-17-25(20-22-12-13-22)18-16-21-14-15-23(26-2)24(19-21)27-3;1-15-25-20(16-10-9-11-17(14-16)21(22,23)24)18(28-15)12-7-5-3-2-4-6-8-13-19(26)27/h14-15,19,22H,4-13,16-18,20H2,1-3H3;9-11,14H,2-8,12-13H2,1H3,(H,26,27). The molecule has 10 heteroatoms. The van der Waals surface area contributed by atoms with Crippen LogP contribution in [0.2, 0.25) is 0 Å². The monoisotopic (exact) mass is 788 g/mol. The lowest BCUT2D eigenvalue weighted by atomic mass is 10.0. The van der Waals surface area contributed by atoms with Gasteiger partial charge in [0, 0.05) is 30.0 Å². The van der Waals surface area contributed by atoms with Crippen LogP contribution in [0.4, 0.5) is 13.2 Å². The largest absolute Gasteiger partial charge is 0.493 e. The maximum atomic E-state index is 13.0. The number of aryl methyl sites for hydroxylation is 2. The normalized spacial score (nSPS) is 12.8.